The standard InChI is InChI=1S/C20H23ClO3/c1-3-23-20(22)11-9-18-8-10-19(12-15(18)2)24-14-17-6-4-16(13-21)5-7-17/h4-8,10,12H,3,9,11,13-14H2,1-2H3. The zero-order valence-corrected chi connectivity index (χ0v) is 14.9. The molecule has 4 heteroatoms. The van der Waals surface area contributed by atoms with Crippen molar-refractivity contribution in [1.29, 1.82) is 0 Å². The second kappa shape index (κ2) is 9.33. The summed E-state index contributed by atoms with van der Waals surface area (Å²) in [5, 5.41) is 0. The van der Waals surface area contributed by atoms with Gasteiger partial charge in [-0.1, -0.05) is 30.3 Å². The smallest absolute Gasteiger partial charge is 0.306 e. The van der Waals surface area contributed by atoms with Crippen molar-refractivity contribution in [2.45, 2.75) is 39.2 Å². The summed E-state index contributed by atoms with van der Waals surface area (Å²) in [4.78, 5) is 11.4. The number of halogens is 1. The Hall–Kier alpha value is -2.00. The molecular formula is C20H23ClO3. The van der Waals surface area contributed by atoms with Gasteiger partial charge >= 0.3 is 5.97 Å². The molecule has 0 radical (unpaired) electrons. The third-order valence-electron chi connectivity index (χ3n) is 3.80. The minimum atomic E-state index is -0.155. The molecule has 0 aliphatic rings. The van der Waals surface area contributed by atoms with Gasteiger partial charge in [0.15, 0.2) is 0 Å². The Balaban J connectivity index is 1.90. The van der Waals surface area contributed by atoms with E-state index in [1.807, 2.05) is 56.3 Å². The Labute approximate surface area is 148 Å². The van der Waals surface area contributed by atoms with Crippen molar-refractivity contribution in [2.75, 3.05) is 6.61 Å². The number of carbonyl (C=O) groups is 1. The van der Waals surface area contributed by atoms with Crippen LogP contribution in [0.5, 0.6) is 5.75 Å². The van der Waals surface area contributed by atoms with Crippen molar-refractivity contribution in [1.82, 2.24) is 0 Å². The molecule has 24 heavy (non-hydrogen) atoms. The number of ether oxygens (including phenoxy) is 2. The van der Waals surface area contributed by atoms with Gasteiger partial charge in [-0.25, -0.2) is 0 Å². The molecule has 0 saturated heterocycles. The van der Waals surface area contributed by atoms with Crippen LogP contribution in [0.2, 0.25) is 0 Å². The van der Waals surface area contributed by atoms with Gasteiger partial charge in [-0.2, -0.15) is 0 Å². The maximum Gasteiger partial charge on any atom is 0.306 e. The van der Waals surface area contributed by atoms with Crippen LogP contribution in [-0.4, -0.2) is 12.6 Å². The van der Waals surface area contributed by atoms with Crippen LogP contribution < -0.4 is 4.74 Å². The highest BCUT2D eigenvalue weighted by Crippen LogP contribution is 2.20. The van der Waals surface area contributed by atoms with Gasteiger partial charge in [0.05, 0.1) is 6.61 Å². The van der Waals surface area contributed by atoms with E-state index in [2.05, 4.69) is 0 Å². The zero-order valence-electron chi connectivity index (χ0n) is 14.2. The van der Waals surface area contributed by atoms with Crippen molar-refractivity contribution < 1.29 is 14.3 Å². The lowest BCUT2D eigenvalue weighted by molar-refractivity contribution is -0.143. The van der Waals surface area contributed by atoms with Crippen LogP contribution in [0.25, 0.3) is 0 Å². The normalized spacial score (nSPS) is 10.5. The molecule has 0 aliphatic heterocycles. The fourth-order valence-electron chi connectivity index (χ4n) is 2.40. The molecular weight excluding hydrogens is 324 g/mol. The Bertz CT molecular complexity index is 665. The molecule has 0 saturated carbocycles. The van der Waals surface area contributed by atoms with E-state index in [9.17, 15) is 4.79 Å². The van der Waals surface area contributed by atoms with E-state index in [1.165, 1.54) is 0 Å². The van der Waals surface area contributed by atoms with E-state index in [1.54, 1.807) is 0 Å². The van der Waals surface area contributed by atoms with Gasteiger partial charge in [-0.15, -0.1) is 11.6 Å². The van der Waals surface area contributed by atoms with Gasteiger partial charge in [-0.05, 0) is 54.7 Å². The van der Waals surface area contributed by atoms with Crippen molar-refractivity contribution in [2.24, 2.45) is 0 Å². The summed E-state index contributed by atoms with van der Waals surface area (Å²) < 4.78 is 10.8. The second-order valence-corrected chi connectivity index (χ2v) is 5.90. The Morgan fingerprint density at radius 2 is 1.79 bits per heavy atom. The lowest BCUT2D eigenvalue weighted by atomic mass is 10.0. The molecule has 0 atom stereocenters. The maximum absolute atomic E-state index is 11.4. The van der Waals surface area contributed by atoms with E-state index < -0.39 is 0 Å². The quantitative estimate of drug-likeness (QED) is 0.508. The highest BCUT2D eigenvalue weighted by atomic mass is 35.5. The summed E-state index contributed by atoms with van der Waals surface area (Å²) in [5.74, 6) is 1.19. The van der Waals surface area contributed by atoms with Crippen LogP contribution >= 0.6 is 11.6 Å². The summed E-state index contributed by atoms with van der Waals surface area (Å²) in [5.41, 5.74) is 4.46. The number of benzene rings is 2. The van der Waals surface area contributed by atoms with E-state index in [0.29, 0.717) is 31.9 Å². The molecule has 0 aromatic heterocycles. The van der Waals surface area contributed by atoms with Gasteiger partial charge in [0, 0.05) is 12.3 Å². The first kappa shape index (κ1) is 18.3. The fourth-order valence-corrected chi connectivity index (χ4v) is 2.58. The van der Waals surface area contributed by atoms with Crippen LogP contribution in [0.4, 0.5) is 0 Å². The molecule has 0 amide bonds. The summed E-state index contributed by atoms with van der Waals surface area (Å²) in [6.45, 7) is 4.79. The SMILES string of the molecule is CCOC(=O)CCc1ccc(OCc2ccc(CCl)cc2)cc1C. The second-order valence-electron chi connectivity index (χ2n) is 5.63. The molecule has 0 unspecified atom stereocenters. The number of alkyl halides is 1. The van der Waals surface area contributed by atoms with Crippen molar-refractivity contribution >= 4 is 17.6 Å². The first-order valence-corrected chi connectivity index (χ1v) is 8.67. The predicted octanol–water partition coefficient (Wildman–Crippen LogP) is 4.81. The number of hydrogen-bond donors (Lipinski definition) is 0. The molecule has 3 nitrogen and oxygen atoms in total. The highest BCUT2D eigenvalue weighted by Gasteiger charge is 2.06. The van der Waals surface area contributed by atoms with E-state index in [4.69, 9.17) is 21.1 Å². The molecule has 0 spiro atoms. The maximum atomic E-state index is 11.4. The molecule has 2 aromatic carbocycles. The molecule has 128 valence electrons. The van der Waals surface area contributed by atoms with Gasteiger partial charge in [0.2, 0.25) is 0 Å². The predicted molar refractivity (Wildman–Crippen MR) is 96.5 cm³/mol. The molecule has 2 rings (SSSR count). The number of aryl methyl sites for hydroxylation is 2. The lowest BCUT2D eigenvalue weighted by Gasteiger charge is -2.10. The van der Waals surface area contributed by atoms with Gasteiger partial charge < -0.3 is 9.47 Å². The van der Waals surface area contributed by atoms with Crippen molar-refractivity contribution in [3.63, 3.8) is 0 Å². The van der Waals surface area contributed by atoms with Gasteiger partial charge in [-0.3, -0.25) is 4.79 Å². The summed E-state index contributed by atoms with van der Waals surface area (Å²) in [6, 6.07) is 14.0. The van der Waals surface area contributed by atoms with Crippen molar-refractivity contribution in [3.05, 3.63) is 64.7 Å². The van der Waals surface area contributed by atoms with Gasteiger partial charge in [0.25, 0.3) is 0 Å². The number of esters is 1. The molecule has 0 N–H and O–H groups in total. The largest absolute Gasteiger partial charge is 0.489 e. The molecule has 0 bridgehead atoms. The Morgan fingerprint density at radius 1 is 1.08 bits per heavy atom. The van der Waals surface area contributed by atoms with Crippen LogP contribution in [0.1, 0.15) is 35.6 Å². The third kappa shape index (κ3) is 5.57. The van der Waals surface area contributed by atoms with Gasteiger partial charge in [0.1, 0.15) is 12.4 Å². The van der Waals surface area contributed by atoms with Crippen molar-refractivity contribution in [3.8, 4) is 5.75 Å². The Kier molecular flexibility index (Phi) is 7.13. The Morgan fingerprint density at radius 3 is 2.42 bits per heavy atom. The average Bonchev–Trinajstić information content (AvgIpc) is 2.60. The third-order valence-corrected chi connectivity index (χ3v) is 4.11. The summed E-state index contributed by atoms with van der Waals surface area (Å²) in [7, 11) is 0. The van der Waals surface area contributed by atoms with E-state index >= 15 is 0 Å². The lowest BCUT2D eigenvalue weighted by Crippen LogP contribution is -2.06. The van der Waals surface area contributed by atoms with E-state index in [-0.39, 0.29) is 5.97 Å². The summed E-state index contributed by atoms with van der Waals surface area (Å²) >= 11 is 5.79. The van der Waals surface area contributed by atoms with Crippen LogP contribution in [0.3, 0.4) is 0 Å². The topological polar surface area (TPSA) is 35.5 Å². The summed E-state index contributed by atoms with van der Waals surface area (Å²) in [6.07, 6.45) is 1.09. The highest BCUT2D eigenvalue weighted by molar-refractivity contribution is 6.17. The molecule has 0 fully saturated rings. The minimum absolute atomic E-state index is 0.155. The fraction of sp³-hybridized carbons (Fsp3) is 0.350. The first-order chi connectivity index (χ1) is 11.6. The zero-order chi connectivity index (χ0) is 17.4. The van der Waals surface area contributed by atoms with Crippen LogP contribution in [0, 0.1) is 6.92 Å². The van der Waals surface area contributed by atoms with E-state index in [0.717, 1.165) is 28.0 Å². The monoisotopic (exact) mass is 346 g/mol. The molecule has 2 aromatic rings. The molecule has 0 aliphatic carbocycles. The van der Waals surface area contributed by atoms with Crippen LogP contribution in [0.15, 0.2) is 42.5 Å². The average molecular weight is 347 g/mol. The minimum Gasteiger partial charge on any atom is -0.489 e. The molecule has 0 heterocycles. The number of carbonyl (C=O) groups excluding carboxylic acids is 1. The van der Waals surface area contributed by atoms with Crippen LogP contribution in [-0.2, 0) is 28.4 Å². The number of rotatable bonds is 8. The first-order valence-electron chi connectivity index (χ1n) is 8.14. The number of hydrogen-bond acceptors (Lipinski definition) is 3.